The van der Waals surface area contributed by atoms with Crippen molar-refractivity contribution in [1.29, 1.82) is 15.8 Å². The highest BCUT2D eigenvalue weighted by Crippen LogP contribution is 2.72. The zero-order valence-corrected chi connectivity index (χ0v) is 48.1. The van der Waals surface area contributed by atoms with Gasteiger partial charge >= 0.3 is 0 Å². The number of thiophene rings is 5. The van der Waals surface area contributed by atoms with E-state index in [0.29, 0.717) is 5.57 Å². The van der Waals surface area contributed by atoms with Crippen LogP contribution < -0.4 is 4.90 Å². The summed E-state index contributed by atoms with van der Waals surface area (Å²) < 4.78 is 12.0. The van der Waals surface area contributed by atoms with Crippen LogP contribution in [0.15, 0.2) is 53.3 Å². The molecule has 72 heavy (non-hydrogen) atoms. The average molecular weight is 1050 g/mol. The zero-order valence-electron chi connectivity index (χ0n) is 44.0. The predicted octanol–water partition coefficient (Wildman–Crippen LogP) is 20.3. The Morgan fingerprint density at radius 1 is 0.569 bits per heavy atom. The van der Waals surface area contributed by atoms with Crippen LogP contribution in [0.1, 0.15) is 208 Å². The van der Waals surface area contributed by atoms with Gasteiger partial charge in [-0.2, -0.15) is 15.8 Å². The van der Waals surface area contributed by atoms with Crippen LogP contribution in [0, 0.1) is 34.0 Å². The molecular formula is C62H72N4OS5. The number of fused-ring (bicyclic) bond motifs is 11. The van der Waals surface area contributed by atoms with E-state index in [1.165, 1.54) is 155 Å². The van der Waals surface area contributed by atoms with Crippen molar-refractivity contribution in [1.82, 2.24) is 0 Å². The molecule has 0 atom stereocenters. The van der Waals surface area contributed by atoms with Crippen molar-refractivity contribution in [2.24, 2.45) is 0 Å². The van der Waals surface area contributed by atoms with Gasteiger partial charge in [-0.3, -0.25) is 0 Å². The quantitative estimate of drug-likeness (QED) is 0.0445. The number of unbranched alkanes of at least 4 members (excludes halogenated alkanes) is 12. The third kappa shape index (κ3) is 9.27. The molecule has 1 aromatic carbocycles. The summed E-state index contributed by atoms with van der Waals surface area (Å²) in [7, 11) is 4.20. The summed E-state index contributed by atoms with van der Waals surface area (Å²) >= 11 is 10.1. The average Bonchev–Trinajstić information content (AvgIpc) is 4.25. The topological polar surface area (TPSA) is 83.8 Å². The molecule has 0 unspecified atom stereocenters. The maximum atomic E-state index is 10.7. The third-order valence-corrected chi connectivity index (χ3v) is 22.2. The van der Waals surface area contributed by atoms with Crippen LogP contribution in [-0.4, -0.2) is 19.7 Å². The van der Waals surface area contributed by atoms with Gasteiger partial charge in [0.25, 0.3) is 0 Å². The Kier molecular flexibility index (Phi) is 16.1. The minimum Gasteiger partial charge on any atom is -0.479 e. The predicted molar refractivity (Wildman–Crippen MR) is 314 cm³/mol. The van der Waals surface area contributed by atoms with E-state index in [1.54, 1.807) is 36.9 Å². The lowest BCUT2D eigenvalue weighted by Crippen LogP contribution is -2.32. The van der Waals surface area contributed by atoms with E-state index >= 15 is 0 Å². The molecule has 0 N–H and O–H groups in total. The van der Waals surface area contributed by atoms with Gasteiger partial charge in [-0.05, 0) is 86.6 Å². The van der Waals surface area contributed by atoms with E-state index in [0.717, 1.165) is 23.3 Å². The highest BCUT2D eigenvalue weighted by Gasteiger charge is 2.56. The third-order valence-electron chi connectivity index (χ3n) is 15.9. The molecule has 0 saturated heterocycles. The number of anilines is 1. The molecule has 0 bridgehead atoms. The van der Waals surface area contributed by atoms with Crippen LogP contribution in [0.4, 0.5) is 5.69 Å². The Labute approximate surface area is 450 Å². The van der Waals surface area contributed by atoms with Crippen molar-refractivity contribution < 1.29 is 4.74 Å². The maximum absolute atomic E-state index is 10.7. The molecule has 3 aliphatic rings. The second-order valence-corrected chi connectivity index (χ2v) is 26.7. The van der Waals surface area contributed by atoms with Crippen molar-refractivity contribution in [3.63, 3.8) is 0 Å². The normalized spacial score (nSPS) is 15.8. The fourth-order valence-corrected chi connectivity index (χ4v) is 20.0. The fraction of sp³-hybridized carbons (Fsp3) is 0.500. The standard InChI is InChI=1S/C62H72N4OS5/c1-9-13-17-21-31-61(32-22-18-14-10-2)49-50-57(72-56(49)58-51(61)54-46(70-58)35-43(68-54)30-27-40-25-28-42(29-26-40)66(7)8)59-52(62(50,33-23-19-15-11-3)34-24-20-16-12-4)55-47(71-59)36-45(69-55)48-44(39-65)53(41(37-63)38-64)67-60(48,5)6/h25-30,35-36H,9-24,31-34H2,1-8H3/b30-27+. The number of nitrogens with zero attached hydrogens (tertiary/aromatic N) is 4. The van der Waals surface area contributed by atoms with Crippen LogP contribution in [0.25, 0.3) is 56.0 Å². The molecule has 2 aliphatic carbocycles. The summed E-state index contributed by atoms with van der Waals surface area (Å²) in [5.41, 5.74) is 9.00. The summed E-state index contributed by atoms with van der Waals surface area (Å²) in [6.07, 6.45) is 29.2. The lowest BCUT2D eigenvalue weighted by atomic mass is 9.64. The van der Waals surface area contributed by atoms with E-state index in [4.69, 9.17) is 4.74 Å². The zero-order chi connectivity index (χ0) is 50.8. The molecule has 376 valence electrons. The van der Waals surface area contributed by atoms with Gasteiger partial charge in [-0.15, -0.1) is 56.7 Å². The molecule has 10 heteroatoms. The first-order valence-corrected chi connectivity index (χ1v) is 31.2. The summed E-state index contributed by atoms with van der Waals surface area (Å²) in [5.74, 6) is 0.114. The molecule has 5 nitrogen and oxygen atoms in total. The Balaban J connectivity index is 1.27. The molecule has 0 fully saturated rings. The van der Waals surface area contributed by atoms with Crippen LogP contribution in [-0.2, 0) is 15.6 Å². The number of ether oxygens (including phenoxy) is 1. The van der Waals surface area contributed by atoms with Crippen LogP contribution in [0.3, 0.4) is 0 Å². The Morgan fingerprint density at radius 2 is 1.04 bits per heavy atom. The molecule has 0 radical (unpaired) electrons. The molecule has 1 aliphatic heterocycles. The number of benzene rings is 1. The van der Waals surface area contributed by atoms with Gasteiger partial charge in [-0.1, -0.05) is 149 Å². The summed E-state index contributed by atoms with van der Waals surface area (Å²) in [6, 6.07) is 20.1. The lowest BCUT2D eigenvalue weighted by molar-refractivity contribution is 0.109. The second-order valence-electron chi connectivity index (χ2n) is 21.4. The van der Waals surface area contributed by atoms with Crippen LogP contribution >= 0.6 is 56.7 Å². The van der Waals surface area contributed by atoms with Gasteiger partial charge in [-0.25, -0.2) is 0 Å². The van der Waals surface area contributed by atoms with Gasteiger partial charge in [0.15, 0.2) is 11.3 Å². The molecular weight excluding hydrogens is 977 g/mol. The summed E-state index contributed by atoms with van der Waals surface area (Å²) in [4.78, 5) is 10.7. The number of rotatable bonds is 24. The summed E-state index contributed by atoms with van der Waals surface area (Å²) in [6.45, 7) is 13.3. The highest BCUT2D eigenvalue weighted by molar-refractivity contribution is 7.34. The molecule has 0 amide bonds. The smallest absolute Gasteiger partial charge is 0.172 e. The van der Waals surface area contributed by atoms with E-state index in [-0.39, 0.29) is 22.2 Å². The van der Waals surface area contributed by atoms with E-state index in [9.17, 15) is 15.8 Å². The van der Waals surface area contributed by atoms with Crippen LogP contribution in [0.2, 0.25) is 0 Å². The fourth-order valence-electron chi connectivity index (χ4n) is 12.4. The highest BCUT2D eigenvalue weighted by atomic mass is 32.1. The molecule has 0 spiro atoms. The number of allylic oxidation sites excluding steroid dienone is 2. The minimum absolute atomic E-state index is 0.0477. The first kappa shape index (κ1) is 52.4. The monoisotopic (exact) mass is 1050 g/mol. The molecule has 0 saturated carbocycles. The van der Waals surface area contributed by atoms with Gasteiger partial charge in [0.2, 0.25) is 0 Å². The van der Waals surface area contributed by atoms with Crippen molar-refractivity contribution in [3.05, 3.63) is 90.9 Å². The molecule has 6 heterocycles. The number of hydrogen-bond acceptors (Lipinski definition) is 10. The van der Waals surface area contributed by atoms with Crippen molar-refractivity contribution in [2.45, 2.75) is 186 Å². The summed E-state index contributed by atoms with van der Waals surface area (Å²) in [5, 5.41) is 30.5. The first-order valence-electron chi connectivity index (χ1n) is 27.1. The maximum Gasteiger partial charge on any atom is 0.172 e. The van der Waals surface area contributed by atoms with E-state index in [1.807, 2.05) is 60.0 Å². The Bertz CT molecular complexity index is 3130. The minimum atomic E-state index is -0.876. The van der Waals surface area contributed by atoms with Crippen molar-refractivity contribution in [2.75, 3.05) is 19.0 Å². The Morgan fingerprint density at radius 3 is 1.50 bits per heavy atom. The van der Waals surface area contributed by atoms with Crippen molar-refractivity contribution >= 4 is 98.9 Å². The van der Waals surface area contributed by atoms with Crippen molar-refractivity contribution in [3.8, 4) is 37.7 Å². The van der Waals surface area contributed by atoms with E-state index < -0.39 is 5.60 Å². The Hall–Kier alpha value is -4.47. The van der Waals surface area contributed by atoms with Gasteiger partial charge in [0.05, 0.1) is 19.2 Å². The first-order chi connectivity index (χ1) is 34.9. The number of hydrogen-bond donors (Lipinski definition) is 0. The lowest BCUT2D eigenvalue weighted by Gasteiger charge is -2.38. The van der Waals surface area contributed by atoms with Crippen LogP contribution in [0.5, 0.6) is 0 Å². The van der Waals surface area contributed by atoms with Gasteiger partial charge in [0.1, 0.15) is 29.4 Å². The largest absolute Gasteiger partial charge is 0.479 e. The van der Waals surface area contributed by atoms with E-state index in [2.05, 4.69) is 124 Å². The number of nitriles is 3. The molecule has 6 aromatic rings. The molecule has 9 rings (SSSR count). The molecule has 5 aromatic heterocycles. The van der Waals surface area contributed by atoms with Gasteiger partial charge in [0, 0.05) is 76.2 Å². The van der Waals surface area contributed by atoms with Gasteiger partial charge < -0.3 is 9.64 Å². The SMILES string of the molecule is CCCCCCC1(CCCCCC)c2c(sc3c2C(CCCCCC)(CCCCCC)c2c-3sc3cc(C4=C(C#N)C(=C(C#N)C#N)OC4(C)C)sc23)-c2sc3cc(/C=C/c4ccc(N(C)C)cc4)sc3c21. The second kappa shape index (κ2) is 22.2.